The van der Waals surface area contributed by atoms with Gasteiger partial charge in [-0.25, -0.2) is 0 Å². The van der Waals surface area contributed by atoms with E-state index >= 15 is 0 Å². The highest BCUT2D eigenvalue weighted by Gasteiger charge is 2.35. The SMILES string of the molecule is C[C@@H](Cc1ccc(C(F)(F)F)cc1)C(=O)N1CCC[C@@H]1C(N)=O. The summed E-state index contributed by atoms with van der Waals surface area (Å²) in [5.74, 6) is -1.13. The normalized spacial score (nSPS) is 19.7. The molecule has 0 saturated carbocycles. The van der Waals surface area contributed by atoms with E-state index in [2.05, 4.69) is 0 Å². The number of nitrogens with zero attached hydrogens (tertiary/aromatic N) is 1. The van der Waals surface area contributed by atoms with Crippen molar-refractivity contribution < 1.29 is 22.8 Å². The molecule has 126 valence electrons. The number of carbonyl (C=O) groups is 2. The average molecular weight is 328 g/mol. The summed E-state index contributed by atoms with van der Waals surface area (Å²) in [5, 5.41) is 0. The van der Waals surface area contributed by atoms with Gasteiger partial charge in [0.1, 0.15) is 6.04 Å². The molecule has 2 N–H and O–H groups in total. The molecule has 0 aliphatic carbocycles. The highest BCUT2D eigenvalue weighted by atomic mass is 19.4. The molecule has 0 unspecified atom stereocenters. The van der Waals surface area contributed by atoms with Crippen molar-refractivity contribution >= 4 is 11.8 Å². The van der Waals surface area contributed by atoms with Crippen LogP contribution in [0.15, 0.2) is 24.3 Å². The van der Waals surface area contributed by atoms with Crippen LogP contribution in [-0.2, 0) is 22.2 Å². The number of hydrogen-bond donors (Lipinski definition) is 1. The maximum atomic E-state index is 12.5. The first-order valence-electron chi connectivity index (χ1n) is 7.46. The van der Waals surface area contributed by atoms with Crippen LogP contribution in [0.5, 0.6) is 0 Å². The van der Waals surface area contributed by atoms with Crippen molar-refractivity contribution in [3.63, 3.8) is 0 Å². The Balaban J connectivity index is 2.02. The van der Waals surface area contributed by atoms with Gasteiger partial charge in [-0.2, -0.15) is 13.2 Å². The molecule has 2 atom stereocenters. The Morgan fingerprint density at radius 2 is 1.91 bits per heavy atom. The van der Waals surface area contributed by atoms with Crippen LogP contribution in [0.4, 0.5) is 13.2 Å². The first kappa shape index (κ1) is 17.3. The summed E-state index contributed by atoms with van der Waals surface area (Å²) in [6.45, 7) is 2.19. The zero-order valence-corrected chi connectivity index (χ0v) is 12.8. The van der Waals surface area contributed by atoms with E-state index in [4.69, 9.17) is 5.73 Å². The van der Waals surface area contributed by atoms with Gasteiger partial charge in [-0.1, -0.05) is 19.1 Å². The van der Waals surface area contributed by atoms with Gasteiger partial charge in [0.15, 0.2) is 0 Å². The van der Waals surface area contributed by atoms with Crippen molar-refractivity contribution in [3.8, 4) is 0 Å². The molecule has 0 radical (unpaired) electrons. The van der Waals surface area contributed by atoms with Crippen LogP contribution in [0.2, 0.25) is 0 Å². The van der Waals surface area contributed by atoms with Gasteiger partial charge in [-0.3, -0.25) is 9.59 Å². The highest BCUT2D eigenvalue weighted by Crippen LogP contribution is 2.29. The number of nitrogens with two attached hydrogens (primary N) is 1. The minimum Gasteiger partial charge on any atom is -0.368 e. The molecule has 1 saturated heterocycles. The topological polar surface area (TPSA) is 63.4 Å². The van der Waals surface area contributed by atoms with Gasteiger partial charge in [-0.05, 0) is 37.0 Å². The molecule has 0 spiro atoms. The number of amides is 2. The maximum absolute atomic E-state index is 12.5. The Kier molecular flexibility index (Phi) is 4.97. The largest absolute Gasteiger partial charge is 0.416 e. The van der Waals surface area contributed by atoms with Crippen LogP contribution in [0.3, 0.4) is 0 Å². The molecule has 0 aromatic heterocycles. The number of carbonyl (C=O) groups excluding carboxylic acids is 2. The number of likely N-dealkylation sites (tertiary alicyclic amines) is 1. The Morgan fingerprint density at radius 3 is 2.43 bits per heavy atom. The average Bonchev–Trinajstić information content (AvgIpc) is 2.95. The second-order valence-corrected chi connectivity index (χ2v) is 5.89. The fraction of sp³-hybridized carbons (Fsp3) is 0.500. The lowest BCUT2D eigenvalue weighted by molar-refractivity contribution is -0.140. The predicted octanol–water partition coefficient (Wildman–Crippen LogP) is 2.36. The molecule has 1 aliphatic rings. The molecule has 2 amide bonds. The molecular weight excluding hydrogens is 309 g/mol. The van der Waals surface area contributed by atoms with E-state index < -0.39 is 29.6 Å². The van der Waals surface area contributed by atoms with Gasteiger partial charge in [-0.15, -0.1) is 0 Å². The van der Waals surface area contributed by atoms with Crippen LogP contribution in [0.25, 0.3) is 0 Å². The Morgan fingerprint density at radius 1 is 1.30 bits per heavy atom. The summed E-state index contributed by atoms with van der Waals surface area (Å²) in [5.41, 5.74) is 5.23. The quantitative estimate of drug-likeness (QED) is 0.922. The van der Waals surface area contributed by atoms with Crippen molar-refractivity contribution in [2.24, 2.45) is 11.7 Å². The minimum atomic E-state index is -4.37. The monoisotopic (exact) mass is 328 g/mol. The van der Waals surface area contributed by atoms with Gasteiger partial charge in [0.05, 0.1) is 5.56 Å². The molecule has 4 nitrogen and oxygen atoms in total. The van der Waals surface area contributed by atoms with Gasteiger partial charge < -0.3 is 10.6 Å². The number of halogens is 3. The number of alkyl halides is 3. The van der Waals surface area contributed by atoms with Gasteiger partial charge in [0.2, 0.25) is 11.8 Å². The number of benzene rings is 1. The molecule has 1 aromatic carbocycles. The second kappa shape index (κ2) is 6.60. The fourth-order valence-corrected chi connectivity index (χ4v) is 2.88. The van der Waals surface area contributed by atoms with E-state index in [9.17, 15) is 22.8 Å². The van der Waals surface area contributed by atoms with E-state index in [0.717, 1.165) is 18.6 Å². The van der Waals surface area contributed by atoms with E-state index in [1.54, 1.807) is 6.92 Å². The van der Waals surface area contributed by atoms with Crippen molar-refractivity contribution in [1.82, 2.24) is 4.90 Å². The van der Waals surface area contributed by atoms with Crippen molar-refractivity contribution in [2.45, 2.75) is 38.4 Å². The van der Waals surface area contributed by atoms with Crippen molar-refractivity contribution in [3.05, 3.63) is 35.4 Å². The molecule has 7 heteroatoms. The van der Waals surface area contributed by atoms with Crippen LogP contribution >= 0.6 is 0 Å². The zero-order chi connectivity index (χ0) is 17.2. The lowest BCUT2D eigenvalue weighted by Gasteiger charge is -2.25. The van der Waals surface area contributed by atoms with Crippen LogP contribution < -0.4 is 5.73 Å². The number of hydrogen-bond acceptors (Lipinski definition) is 2. The van der Waals surface area contributed by atoms with E-state index in [1.807, 2.05) is 0 Å². The molecule has 0 bridgehead atoms. The van der Waals surface area contributed by atoms with Crippen LogP contribution in [0.1, 0.15) is 30.9 Å². The first-order chi connectivity index (χ1) is 10.7. The third kappa shape index (κ3) is 4.03. The molecular formula is C16H19F3N2O2. The standard InChI is InChI=1S/C16H19F3N2O2/c1-10(15(23)21-8-2-3-13(21)14(20)22)9-11-4-6-12(7-5-11)16(17,18)19/h4-7,10,13H,2-3,8-9H2,1H3,(H2,20,22)/t10-,13+/m0/s1. The van der Waals surface area contributed by atoms with Crippen molar-refractivity contribution in [2.75, 3.05) is 6.54 Å². The van der Waals surface area contributed by atoms with E-state index in [-0.39, 0.29) is 5.91 Å². The minimum absolute atomic E-state index is 0.189. The lowest BCUT2D eigenvalue weighted by Crippen LogP contribution is -2.46. The summed E-state index contributed by atoms with van der Waals surface area (Å²) in [6.07, 6.45) is -2.76. The predicted molar refractivity (Wildman–Crippen MR) is 78.2 cm³/mol. The Labute approximate surface area is 132 Å². The van der Waals surface area contributed by atoms with Gasteiger partial charge in [0, 0.05) is 12.5 Å². The molecule has 1 aromatic rings. The highest BCUT2D eigenvalue weighted by molar-refractivity contribution is 5.88. The lowest BCUT2D eigenvalue weighted by atomic mass is 9.98. The van der Waals surface area contributed by atoms with Crippen molar-refractivity contribution in [1.29, 1.82) is 0 Å². The zero-order valence-electron chi connectivity index (χ0n) is 12.8. The third-order valence-electron chi connectivity index (χ3n) is 4.11. The molecule has 1 aliphatic heterocycles. The van der Waals surface area contributed by atoms with E-state index in [0.29, 0.717) is 24.9 Å². The number of primary amides is 1. The smallest absolute Gasteiger partial charge is 0.368 e. The van der Waals surface area contributed by atoms with Gasteiger partial charge >= 0.3 is 6.18 Å². The third-order valence-corrected chi connectivity index (χ3v) is 4.11. The summed E-state index contributed by atoms with van der Waals surface area (Å²) in [6, 6.07) is 4.20. The maximum Gasteiger partial charge on any atom is 0.416 e. The van der Waals surface area contributed by atoms with Crippen LogP contribution in [0, 0.1) is 5.92 Å². The van der Waals surface area contributed by atoms with Gasteiger partial charge in [0.25, 0.3) is 0 Å². The van der Waals surface area contributed by atoms with E-state index in [1.165, 1.54) is 17.0 Å². The number of rotatable bonds is 4. The summed E-state index contributed by atoms with van der Waals surface area (Å²) >= 11 is 0. The molecule has 2 rings (SSSR count). The molecule has 1 fully saturated rings. The first-order valence-corrected chi connectivity index (χ1v) is 7.46. The fourth-order valence-electron chi connectivity index (χ4n) is 2.88. The molecule has 23 heavy (non-hydrogen) atoms. The van der Waals surface area contributed by atoms with Crippen LogP contribution in [-0.4, -0.2) is 29.3 Å². The Hall–Kier alpha value is -2.05. The summed E-state index contributed by atoms with van der Waals surface area (Å²) in [7, 11) is 0. The molecule has 1 heterocycles. The Bertz CT molecular complexity index is 584. The second-order valence-electron chi connectivity index (χ2n) is 5.89. The summed E-state index contributed by atoms with van der Waals surface area (Å²) in [4.78, 5) is 25.3. The summed E-state index contributed by atoms with van der Waals surface area (Å²) < 4.78 is 37.6.